The molecule has 0 spiro atoms. The van der Waals surface area contributed by atoms with E-state index in [9.17, 15) is 43.2 Å². The predicted molar refractivity (Wildman–Crippen MR) is 72.8 cm³/mol. The van der Waals surface area contributed by atoms with Gasteiger partial charge in [0.05, 0.1) is 0 Å². The molecule has 0 aliphatic heterocycles. The summed E-state index contributed by atoms with van der Waals surface area (Å²) in [5.41, 5.74) is -12.7. The Kier molecular flexibility index (Phi) is 5.84. The lowest BCUT2D eigenvalue weighted by Crippen LogP contribution is -2.41. The summed E-state index contributed by atoms with van der Waals surface area (Å²) in [6.07, 6.45) is 1.78. The molecule has 0 aromatic carbocycles. The van der Waals surface area contributed by atoms with E-state index in [0.717, 1.165) is 17.7 Å². The summed E-state index contributed by atoms with van der Waals surface area (Å²) >= 11 is 0. The highest BCUT2D eigenvalue weighted by Crippen LogP contribution is 2.39. The number of pyridine rings is 1. The minimum atomic E-state index is -6.33. The van der Waals surface area contributed by atoms with Crippen molar-refractivity contribution in [2.45, 2.75) is 54.0 Å². The number of rotatable bonds is 5. The maximum atomic E-state index is 12.9. The first-order valence-corrected chi connectivity index (χ1v) is 9.71. The average molecular weight is 414 g/mol. The van der Waals surface area contributed by atoms with Crippen molar-refractivity contribution in [1.82, 2.24) is 0 Å². The molecule has 0 aliphatic carbocycles. The van der Waals surface area contributed by atoms with Gasteiger partial charge in [0.15, 0.2) is 16.8 Å². The second kappa shape index (κ2) is 6.74. The highest BCUT2D eigenvalue weighted by atomic mass is 32.2. The Morgan fingerprint density at radius 3 is 1.84 bits per heavy atom. The van der Waals surface area contributed by atoms with Crippen LogP contribution in [0.15, 0.2) is 22.1 Å². The lowest BCUT2D eigenvalue weighted by molar-refractivity contribution is -0.705. The van der Waals surface area contributed by atoms with Crippen LogP contribution in [-0.2, 0) is 26.2 Å². The fourth-order valence-electron chi connectivity index (χ4n) is 2.00. The van der Waals surface area contributed by atoms with Crippen molar-refractivity contribution >= 4 is 19.7 Å². The summed E-state index contributed by atoms with van der Waals surface area (Å²) in [7, 11) is -12.6. The lowest BCUT2D eigenvalue weighted by Gasteiger charge is -2.15. The van der Waals surface area contributed by atoms with Crippen LogP contribution in [0.3, 0.4) is 0 Å². The van der Waals surface area contributed by atoms with Gasteiger partial charge < -0.3 is 0 Å². The van der Waals surface area contributed by atoms with Crippen LogP contribution in [0.1, 0.15) is 25.5 Å². The Hall–Kier alpha value is -1.37. The molecule has 0 bridgehead atoms. The van der Waals surface area contributed by atoms with Crippen molar-refractivity contribution in [2.75, 3.05) is 0 Å². The molecule has 0 unspecified atom stereocenters. The van der Waals surface area contributed by atoms with Gasteiger partial charge in [0.25, 0.3) is 19.7 Å². The van der Waals surface area contributed by atoms with E-state index in [-0.39, 0.29) is 12.6 Å². The summed E-state index contributed by atoms with van der Waals surface area (Å²) < 4.78 is 124. The zero-order chi connectivity index (χ0) is 19.8. The van der Waals surface area contributed by atoms with Crippen molar-refractivity contribution in [1.29, 1.82) is 0 Å². The summed E-state index contributed by atoms with van der Waals surface area (Å²) in [5, 5.41) is 0. The van der Waals surface area contributed by atoms with Crippen molar-refractivity contribution in [2.24, 2.45) is 0 Å². The second-order valence-corrected chi connectivity index (χ2v) is 8.83. The number of nitrogens with zero attached hydrogens (tertiary/aromatic N) is 1. The normalized spacial score (nSPS) is 13.9. The molecule has 1 rings (SSSR count). The van der Waals surface area contributed by atoms with Crippen LogP contribution >= 0.6 is 0 Å². The van der Waals surface area contributed by atoms with E-state index >= 15 is 0 Å². The van der Waals surface area contributed by atoms with Gasteiger partial charge in [-0.2, -0.15) is 26.3 Å². The third-order valence-electron chi connectivity index (χ3n) is 3.31. The van der Waals surface area contributed by atoms with E-state index in [1.807, 2.05) is 0 Å². The molecule has 25 heavy (non-hydrogen) atoms. The first-order valence-electron chi connectivity index (χ1n) is 6.74. The monoisotopic (exact) mass is 414 g/mol. The highest BCUT2D eigenvalue weighted by Gasteiger charge is 2.56. The molecule has 0 amide bonds. The molecule has 144 valence electrons. The van der Waals surface area contributed by atoms with E-state index in [1.165, 1.54) is 0 Å². The topological polar surface area (TPSA) is 72.2 Å². The number of sulfone groups is 2. The number of alkyl halides is 6. The Balaban J connectivity index is 3.93. The summed E-state index contributed by atoms with van der Waals surface area (Å²) in [6, 6.07) is 0.226. The Morgan fingerprint density at radius 1 is 0.960 bits per heavy atom. The van der Waals surface area contributed by atoms with Crippen LogP contribution in [0, 0.1) is 6.92 Å². The Labute approximate surface area is 140 Å². The van der Waals surface area contributed by atoms with E-state index in [1.54, 1.807) is 6.92 Å². The summed E-state index contributed by atoms with van der Waals surface area (Å²) in [4.78, 5) is -3.85. The molecule has 5 nitrogen and oxygen atoms in total. The van der Waals surface area contributed by atoms with Gasteiger partial charge in [-0.25, -0.2) is 21.4 Å². The fourth-order valence-corrected chi connectivity index (χ4v) is 4.61. The fraction of sp³-hybridized carbons (Fsp3) is 0.583. The molecular weight excluding hydrogens is 400 g/mol. The molecule has 1 aromatic heterocycles. The summed E-state index contributed by atoms with van der Waals surface area (Å²) in [5.74, 6) is 0. The second-order valence-electron chi connectivity index (χ2n) is 5.04. The van der Waals surface area contributed by atoms with Gasteiger partial charge in [-0.3, -0.25) is 0 Å². The molecule has 0 saturated heterocycles. The van der Waals surface area contributed by atoms with Crippen LogP contribution < -0.4 is 4.57 Å². The quantitative estimate of drug-likeness (QED) is 0.549. The van der Waals surface area contributed by atoms with Gasteiger partial charge in [-0.05, 0) is 0 Å². The first-order chi connectivity index (χ1) is 11.1. The van der Waals surface area contributed by atoms with Gasteiger partial charge in [0.1, 0.15) is 11.4 Å². The van der Waals surface area contributed by atoms with Gasteiger partial charge in [0, 0.05) is 19.4 Å². The average Bonchev–Trinajstić information content (AvgIpc) is 2.42. The largest absolute Gasteiger partial charge is 0.502 e. The molecule has 1 heterocycles. The lowest BCUT2D eigenvalue weighted by atomic mass is 10.3. The molecular formula is C12H14F6NO4S2+. The highest BCUT2D eigenvalue weighted by molar-refractivity contribution is 7.95. The summed E-state index contributed by atoms with van der Waals surface area (Å²) in [6.45, 7) is 2.56. The third kappa shape index (κ3) is 3.91. The van der Waals surface area contributed by atoms with Gasteiger partial charge in [-0.1, -0.05) is 13.3 Å². The predicted octanol–water partition coefficient (Wildman–Crippen LogP) is 2.67. The van der Waals surface area contributed by atoms with Crippen LogP contribution in [0.5, 0.6) is 0 Å². The maximum absolute atomic E-state index is 12.9. The molecule has 0 saturated carbocycles. The van der Waals surface area contributed by atoms with E-state index in [4.69, 9.17) is 0 Å². The van der Waals surface area contributed by atoms with Gasteiger partial charge in [0.2, 0.25) is 0 Å². The number of hydrogen-bond donors (Lipinski definition) is 0. The van der Waals surface area contributed by atoms with Crippen LogP contribution in [0.4, 0.5) is 26.3 Å². The van der Waals surface area contributed by atoms with Gasteiger partial charge >= 0.3 is 11.0 Å². The molecule has 0 aliphatic rings. The minimum Gasteiger partial charge on any atom is -0.214 e. The van der Waals surface area contributed by atoms with Gasteiger partial charge in [-0.15, -0.1) is 0 Å². The van der Waals surface area contributed by atoms with E-state index in [2.05, 4.69) is 0 Å². The van der Waals surface area contributed by atoms with Crippen molar-refractivity contribution < 1.29 is 47.7 Å². The Morgan fingerprint density at radius 2 is 1.44 bits per heavy atom. The van der Waals surface area contributed by atoms with Crippen LogP contribution in [-0.4, -0.2) is 27.9 Å². The van der Waals surface area contributed by atoms with Crippen LogP contribution in [0.25, 0.3) is 0 Å². The molecule has 0 radical (unpaired) electrons. The zero-order valence-corrected chi connectivity index (χ0v) is 14.6. The zero-order valence-electron chi connectivity index (χ0n) is 12.9. The maximum Gasteiger partial charge on any atom is 0.502 e. The van der Waals surface area contributed by atoms with Crippen LogP contribution in [0.2, 0.25) is 0 Å². The third-order valence-corrected chi connectivity index (χ3v) is 6.63. The van der Waals surface area contributed by atoms with Crippen molar-refractivity contribution in [3.63, 3.8) is 0 Å². The number of hydrogen-bond acceptors (Lipinski definition) is 4. The number of halogens is 6. The van der Waals surface area contributed by atoms with Crippen molar-refractivity contribution in [3.05, 3.63) is 18.0 Å². The van der Waals surface area contributed by atoms with Crippen molar-refractivity contribution in [3.8, 4) is 0 Å². The molecule has 0 fully saturated rings. The molecule has 0 atom stereocenters. The Bertz CT molecular complexity index is 857. The smallest absolute Gasteiger partial charge is 0.214 e. The SMILES string of the molecule is CCCC[n+]1ccc(S(=O)(=O)C(F)(F)F)c(S(=O)(=O)C(F)(F)F)c1C. The number of aryl methyl sites for hydroxylation is 1. The standard InChI is InChI=1S/C12H14F6NO4S2/c1-3-4-6-19-7-5-9(24(20,21)11(13,14)15)10(8(19)2)25(22,23)12(16,17)18/h5,7H,3-4,6H2,1-2H3/q+1. The van der Waals surface area contributed by atoms with E-state index < -0.39 is 46.2 Å². The number of aromatic nitrogens is 1. The molecule has 1 aromatic rings. The van der Waals surface area contributed by atoms with E-state index in [0.29, 0.717) is 12.8 Å². The first kappa shape index (κ1) is 21.7. The number of unbranched alkanes of at least 4 members (excludes halogenated alkanes) is 1. The molecule has 0 N–H and O–H groups in total. The molecule has 13 heteroatoms. The minimum absolute atomic E-state index is 0.00898.